The van der Waals surface area contributed by atoms with Crippen molar-refractivity contribution in [1.82, 2.24) is 4.90 Å². The van der Waals surface area contributed by atoms with Crippen LogP contribution in [0.25, 0.3) is 0 Å². The van der Waals surface area contributed by atoms with Gasteiger partial charge in [-0.2, -0.15) is 5.26 Å². The molecule has 1 amide bonds. The Morgan fingerprint density at radius 2 is 2.15 bits per heavy atom. The van der Waals surface area contributed by atoms with Crippen LogP contribution in [-0.2, 0) is 9.53 Å². The summed E-state index contributed by atoms with van der Waals surface area (Å²) < 4.78 is 5.11. The van der Waals surface area contributed by atoms with Crippen LogP contribution < -0.4 is 5.73 Å². The fourth-order valence-electron chi connectivity index (χ4n) is 1.04. The van der Waals surface area contributed by atoms with Crippen LogP contribution in [0.2, 0.25) is 0 Å². The van der Waals surface area contributed by atoms with Gasteiger partial charge in [-0.25, -0.2) is 0 Å². The molecule has 1 aliphatic rings. The fraction of sp³-hybridized carbons (Fsp3) is 0.500. The van der Waals surface area contributed by atoms with Gasteiger partial charge in [-0.05, 0) is 0 Å². The van der Waals surface area contributed by atoms with E-state index in [1.165, 1.54) is 6.20 Å². The minimum Gasteiger partial charge on any atom is -0.378 e. The summed E-state index contributed by atoms with van der Waals surface area (Å²) in [7, 11) is 0. The van der Waals surface area contributed by atoms with Gasteiger partial charge in [0.2, 0.25) is 0 Å². The van der Waals surface area contributed by atoms with Crippen LogP contribution in [0.5, 0.6) is 0 Å². The van der Waals surface area contributed by atoms with Crippen LogP contribution in [0, 0.1) is 11.3 Å². The van der Waals surface area contributed by atoms with Gasteiger partial charge in [-0.1, -0.05) is 0 Å². The summed E-state index contributed by atoms with van der Waals surface area (Å²) in [5, 5.41) is 8.55. The second-order valence-corrected chi connectivity index (χ2v) is 2.67. The summed E-state index contributed by atoms with van der Waals surface area (Å²) >= 11 is 0. The molecule has 1 saturated heterocycles. The van der Waals surface area contributed by atoms with Gasteiger partial charge in [0.25, 0.3) is 5.91 Å². The summed E-state index contributed by atoms with van der Waals surface area (Å²) in [6.45, 7) is 2.62. The van der Waals surface area contributed by atoms with Gasteiger partial charge >= 0.3 is 0 Å². The molecule has 5 heteroatoms. The predicted octanol–water partition coefficient (Wildman–Crippen LogP) is -0.789. The monoisotopic (exact) mass is 181 g/mol. The minimum atomic E-state index is -0.686. The number of ether oxygens (including phenoxy) is 1. The van der Waals surface area contributed by atoms with E-state index >= 15 is 0 Å². The molecule has 2 N–H and O–H groups in total. The molecule has 0 aromatic heterocycles. The minimum absolute atomic E-state index is 0.0121. The van der Waals surface area contributed by atoms with Crippen molar-refractivity contribution >= 4 is 5.91 Å². The topological polar surface area (TPSA) is 79.3 Å². The third kappa shape index (κ3) is 2.76. The van der Waals surface area contributed by atoms with Gasteiger partial charge in [0.1, 0.15) is 11.6 Å². The lowest BCUT2D eigenvalue weighted by molar-refractivity contribution is -0.114. The number of amides is 1. The highest BCUT2D eigenvalue weighted by Gasteiger charge is 2.10. The molecule has 0 atom stereocenters. The van der Waals surface area contributed by atoms with E-state index in [0.29, 0.717) is 26.3 Å². The third-order valence-electron chi connectivity index (χ3n) is 1.74. The number of carbonyl (C=O) groups excluding carboxylic acids is 1. The van der Waals surface area contributed by atoms with E-state index in [9.17, 15) is 4.79 Å². The molecule has 0 radical (unpaired) electrons. The first kappa shape index (κ1) is 9.55. The Hall–Kier alpha value is -1.54. The van der Waals surface area contributed by atoms with Crippen LogP contribution in [0.4, 0.5) is 0 Å². The molecular formula is C8H11N3O2. The summed E-state index contributed by atoms with van der Waals surface area (Å²) in [6, 6.07) is 1.75. The van der Waals surface area contributed by atoms with E-state index in [1.807, 2.05) is 4.90 Å². The van der Waals surface area contributed by atoms with Gasteiger partial charge in [-0.15, -0.1) is 0 Å². The molecule has 0 saturated carbocycles. The molecule has 0 unspecified atom stereocenters. The van der Waals surface area contributed by atoms with Gasteiger partial charge in [0.15, 0.2) is 0 Å². The van der Waals surface area contributed by atoms with Crippen molar-refractivity contribution in [3.05, 3.63) is 11.8 Å². The SMILES string of the molecule is N#C/C(=C/N1CCOCC1)C(N)=O. The molecule has 13 heavy (non-hydrogen) atoms. The smallest absolute Gasteiger partial charge is 0.260 e. The van der Waals surface area contributed by atoms with Crippen LogP contribution in [0.3, 0.4) is 0 Å². The molecule has 0 bridgehead atoms. The molecule has 0 aliphatic carbocycles. The maximum absolute atomic E-state index is 10.7. The molecular weight excluding hydrogens is 170 g/mol. The Bertz CT molecular complexity index is 261. The highest BCUT2D eigenvalue weighted by atomic mass is 16.5. The normalized spacial score (nSPS) is 18.1. The maximum atomic E-state index is 10.7. The molecule has 70 valence electrons. The van der Waals surface area contributed by atoms with Crippen molar-refractivity contribution in [3.63, 3.8) is 0 Å². The van der Waals surface area contributed by atoms with Crippen molar-refractivity contribution in [1.29, 1.82) is 5.26 Å². The van der Waals surface area contributed by atoms with Gasteiger partial charge in [-0.3, -0.25) is 4.79 Å². The van der Waals surface area contributed by atoms with Crippen molar-refractivity contribution in [2.45, 2.75) is 0 Å². The molecule has 5 nitrogen and oxygen atoms in total. The molecule has 1 heterocycles. The van der Waals surface area contributed by atoms with Crippen LogP contribution in [0.1, 0.15) is 0 Å². The lowest BCUT2D eigenvalue weighted by Crippen LogP contribution is -2.33. The Kier molecular flexibility index (Phi) is 3.29. The highest BCUT2D eigenvalue weighted by Crippen LogP contribution is 2.01. The Balaban J connectivity index is 2.61. The maximum Gasteiger partial charge on any atom is 0.260 e. The average molecular weight is 181 g/mol. The third-order valence-corrected chi connectivity index (χ3v) is 1.74. The van der Waals surface area contributed by atoms with E-state index in [4.69, 9.17) is 15.7 Å². The van der Waals surface area contributed by atoms with Crippen molar-refractivity contribution in [2.75, 3.05) is 26.3 Å². The number of rotatable bonds is 2. The van der Waals surface area contributed by atoms with E-state index in [2.05, 4.69) is 0 Å². The second-order valence-electron chi connectivity index (χ2n) is 2.67. The zero-order valence-electron chi connectivity index (χ0n) is 7.19. The first-order valence-electron chi connectivity index (χ1n) is 3.97. The van der Waals surface area contributed by atoms with E-state index in [1.54, 1.807) is 6.07 Å². The number of hydrogen-bond acceptors (Lipinski definition) is 4. The van der Waals surface area contributed by atoms with E-state index in [-0.39, 0.29) is 5.57 Å². The largest absolute Gasteiger partial charge is 0.378 e. The first-order valence-corrected chi connectivity index (χ1v) is 3.97. The number of nitrogens with two attached hydrogens (primary N) is 1. The number of primary amides is 1. The molecule has 1 aliphatic heterocycles. The molecule has 1 rings (SSSR count). The zero-order chi connectivity index (χ0) is 9.68. The van der Waals surface area contributed by atoms with Crippen molar-refractivity contribution in [3.8, 4) is 6.07 Å². The summed E-state index contributed by atoms with van der Waals surface area (Å²) in [5.74, 6) is -0.686. The number of hydrogen-bond donors (Lipinski definition) is 1. The predicted molar refractivity (Wildman–Crippen MR) is 45.3 cm³/mol. The van der Waals surface area contributed by atoms with E-state index in [0.717, 1.165) is 0 Å². The molecule has 0 aromatic rings. The number of nitrogens with zero attached hydrogens (tertiary/aromatic N) is 2. The quantitative estimate of drug-likeness (QED) is 0.447. The molecule has 1 fully saturated rings. The van der Waals surface area contributed by atoms with Crippen LogP contribution in [0.15, 0.2) is 11.8 Å². The first-order chi connectivity index (χ1) is 6.24. The fourth-order valence-corrected chi connectivity index (χ4v) is 1.04. The van der Waals surface area contributed by atoms with Crippen LogP contribution in [-0.4, -0.2) is 37.1 Å². The number of morpholine rings is 1. The average Bonchev–Trinajstić information content (AvgIpc) is 2.15. The highest BCUT2D eigenvalue weighted by molar-refractivity contribution is 5.95. The van der Waals surface area contributed by atoms with Gasteiger partial charge < -0.3 is 15.4 Å². The Morgan fingerprint density at radius 1 is 1.54 bits per heavy atom. The van der Waals surface area contributed by atoms with Crippen molar-refractivity contribution < 1.29 is 9.53 Å². The molecule has 0 aromatic carbocycles. The molecule has 0 spiro atoms. The summed E-state index contributed by atoms with van der Waals surface area (Å²) in [6.07, 6.45) is 1.49. The number of carbonyl (C=O) groups is 1. The Morgan fingerprint density at radius 3 is 2.62 bits per heavy atom. The second kappa shape index (κ2) is 4.48. The zero-order valence-corrected chi connectivity index (χ0v) is 7.19. The van der Waals surface area contributed by atoms with E-state index < -0.39 is 5.91 Å². The summed E-state index contributed by atoms with van der Waals surface area (Å²) in [5.41, 5.74) is 4.96. The summed E-state index contributed by atoms with van der Waals surface area (Å²) in [4.78, 5) is 12.5. The lowest BCUT2D eigenvalue weighted by atomic mass is 10.3. The van der Waals surface area contributed by atoms with Crippen LogP contribution >= 0.6 is 0 Å². The van der Waals surface area contributed by atoms with Gasteiger partial charge in [0.05, 0.1) is 13.2 Å². The Labute approximate surface area is 76.4 Å². The lowest BCUT2D eigenvalue weighted by Gasteiger charge is -2.25. The van der Waals surface area contributed by atoms with Crippen molar-refractivity contribution in [2.24, 2.45) is 5.73 Å². The standard InChI is InChI=1S/C8H11N3O2/c9-5-7(8(10)12)6-11-1-3-13-4-2-11/h6H,1-4H2,(H2,10,12)/b7-6-. The number of nitriles is 1. The van der Waals surface area contributed by atoms with Gasteiger partial charge in [0, 0.05) is 19.3 Å².